The normalized spacial score (nSPS) is 17.3. The molecule has 0 spiro atoms. The quantitative estimate of drug-likeness (QED) is 0.317. The Balaban J connectivity index is 1.18. The van der Waals surface area contributed by atoms with Crippen LogP contribution < -0.4 is 9.80 Å². The van der Waals surface area contributed by atoms with Crippen LogP contribution in [0.3, 0.4) is 0 Å². The monoisotopic (exact) mass is 676 g/mol. The molecule has 2 aliphatic rings. The molecule has 0 unspecified atom stereocenters. The lowest BCUT2D eigenvalue weighted by atomic mass is 9.96. The lowest BCUT2D eigenvalue weighted by Gasteiger charge is -2.38. The Morgan fingerprint density at radius 3 is 2.18 bits per heavy atom. The number of likely N-dealkylation sites (tertiary alicyclic amines) is 1. The molecule has 2 fully saturated rings. The van der Waals surface area contributed by atoms with Crippen LogP contribution in [0.2, 0.25) is 10.0 Å². The van der Waals surface area contributed by atoms with Crippen molar-refractivity contribution >= 4 is 56.4 Å². The van der Waals surface area contributed by atoms with Crippen LogP contribution in [0.4, 0.5) is 11.4 Å². The third-order valence-corrected chi connectivity index (χ3v) is 10.7. The number of benzene rings is 2. The average Bonchev–Trinajstić information content (AvgIpc) is 3.57. The van der Waals surface area contributed by atoms with Gasteiger partial charge in [0.05, 0.1) is 22.0 Å². The molecule has 45 heavy (non-hydrogen) atoms. The van der Waals surface area contributed by atoms with E-state index >= 15 is 0 Å². The second-order valence-corrected chi connectivity index (χ2v) is 14.4. The molecule has 2 aliphatic heterocycles. The molecule has 3 heterocycles. The summed E-state index contributed by atoms with van der Waals surface area (Å²) in [5.41, 5.74) is 2.34. The topological polar surface area (TPSA) is 125 Å². The number of tetrazole rings is 1. The molecule has 3 aromatic rings. The van der Waals surface area contributed by atoms with Gasteiger partial charge in [0.1, 0.15) is 6.33 Å². The summed E-state index contributed by atoms with van der Waals surface area (Å²) in [5.74, 6) is -0.294. The fourth-order valence-electron chi connectivity index (χ4n) is 6.22. The van der Waals surface area contributed by atoms with Crippen LogP contribution in [-0.2, 0) is 19.6 Å². The Labute approximate surface area is 273 Å². The van der Waals surface area contributed by atoms with E-state index in [9.17, 15) is 18.0 Å². The molecule has 0 atom stereocenters. The number of hydrogen-bond donors (Lipinski definition) is 0. The lowest BCUT2D eigenvalue weighted by molar-refractivity contribution is -0.123. The summed E-state index contributed by atoms with van der Waals surface area (Å²) in [6, 6.07) is 12.9. The van der Waals surface area contributed by atoms with Gasteiger partial charge >= 0.3 is 0 Å². The Morgan fingerprint density at radius 2 is 1.60 bits per heavy atom. The SMILES string of the molecule is CC(=O)N(c1ccc(-n2cnnn2)cc1)C1CCN(CCCN(C(=O)C2CCN(S(C)(=O)=O)CC2)c2ccc(Cl)c(Cl)c2)CC1. The molecule has 0 radical (unpaired) electrons. The van der Waals surface area contributed by atoms with Gasteiger partial charge in [0.2, 0.25) is 21.8 Å². The van der Waals surface area contributed by atoms with E-state index < -0.39 is 10.0 Å². The molecule has 2 saturated heterocycles. The van der Waals surface area contributed by atoms with Gasteiger partial charge in [0.15, 0.2) is 0 Å². The van der Waals surface area contributed by atoms with E-state index in [0.717, 1.165) is 50.3 Å². The van der Waals surface area contributed by atoms with Crippen molar-refractivity contribution in [3.05, 3.63) is 58.8 Å². The smallest absolute Gasteiger partial charge is 0.230 e. The van der Waals surface area contributed by atoms with Crippen molar-refractivity contribution in [1.29, 1.82) is 0 Å². The van der Waals surface area contributed by atoms with Gasteiger partial charge in [-0.2, -0.15) is 0 Å². The predicted molar refractivity (Wildman–Crippen MR) is 174 cm³/mol. The molecule has 0 N–H and O–H groups in total. The van der Waals surface area contributed by atoms with Crippen LogP contribution in [0.5, 0.6) is 0 Å². The third-order valence-electron chi connectivity index (χ3n) is 8.61. The summed E-state index contributed by atoms with van der Waals surface area (Å²) in [4.78, 5) is 32.5. The second kappa shape index (κ2) is 14.5. The second-order valence-electron chi connectivity index (χ2n) is 11.6. The highest BCUT2D eigenvalue weighted by Gasteiger charge is 2.33. The van der Waals surface area contributed by atoms with Gasteiger partial charge in [0, 0.05) is 63.0 Å². The summed E-state index contributed by atoms with van der Waals surface area (Å²) in [5, 5.41) is 12.0. The molecule has 2 amide bonds. The fourth-order valence-corrected chi connectivity index (χ4v) is 7.39. The number of halogens is 2. The van der Waals surface area contributed by atoms with E-state index in [1.807, 2.05) is 29.2 Å². The number of nitrogens with zero attached hydrogens (tertiary/aromatic N) is 8. The highest BCUT2D eigenvalue weighted by atomic mass is 35.5. The minimum atomic E-state index is -3.28. The predicted octanol–water partition coefficient (Wildman–Crippen LogP) is 3.88. The van der Waals surface area contributed by atoms with Crippen molar-refractivity contribution in [2.45, 2.75) is 45.1 Å². The van der Waals surface area contributed by atoms with Crippen LogP contribution in [0.15, 0.2) is 48.8 Å². The Kier molecular flexibility index (Phi) is 10.8. The van der Waals surface area contributed by atoms with Crippen molar-refractivity contribution < 1.29 is 18.0 Å². The number of carbonyl (C=O) groups excluding carboxylic acids is 2. The summed E-state index contributed by atoms with van der Waals surface area (Å²) in [7, 11) is -3.28. The molecule has 12 nitrogen and oxygen atoms in total. The Hall–Kier alpha value is -3.10. The molecule has 5 rings (SSSR count). The van der Waals surface area contributed by atoms with Crippen LogP contribution >= 0.6 is 23.2 Å². The highest BCUT2D eigenvalue weighted by Crippen LogP contribution is 2.31. The van der Waals surface area contributed by atoms with Gasteiger partial charge < -0.3 is 14.7 Å². The summed E-state index contributed by atoms with van der Waals surface area (Å²) in [6.45, 7) is 5.23. The third kappa shape index (κ3) is 8.20. The number of sulfonamides is 1. The first-order valence-corrected chi connectivity index (χ1v) is 17.7. The number of hydrogen-bond acceptors (Lipinski definition) is 8. The fraction of sp³-hybridized carbons (Fsp3) is 0.500. The van der Waals surface area contributed by atoms with E-state index in [4.69, 9.17) is 23.2 Å². The summed E-state index contributed by atoms with van der Waals surface area (Å²) < 4.78 is 26.9. The van der Waals surface area contributed by atoms with E-state index in [-0.39, 0.29) is 23.8 Å². The van der Waals surface area contributed by atoms with E-state index in [0.29, 0.717) is 48.2 Å². The summed E-state index contributed by atoms with van der Waals surface area (Å²) in [6.07, 6.45) is 6.10. The number of piperidine rings is 2. The largest absolute Gasteiger partial charge is 0.312 e. The van der Waals surface area contributed by atoms with Crippen LogP contribution in [0, 0.1) is 5.92 Å². The minimum absolute atomic E-state index is 0.00164. The zero-order chi connectivity index (χ0) is 32.1. The van der Waals surface area contributed by atoms with Crippen LogP contribution in [0.25, 0.3) is 5.69 Å². The number of aromatic nitrogens is 4. The first kappa shape index (κ1) is 33.3. The lowest BCUT2D eigenvalue weighted by Crippen LogP contribution is -2.48. The molecule has 0 aliphatic carbocycles. The maximum absolute atomic E-state index is 13.8. The van der Waals surface area contributed by atoms with Gasteiger partial charge in [-0.15, -0.1) is 5.10 Å². The first-order chi connectivity index (χ1) is 21.5. The summed E-state index contributed by atoms with van der Waals surface area (Å²) >= 11 is 12.5. The molecule has 0 saturated carbocycles. The van der Waals surface area contributed by atoms with Crippen molar-refractivity contribution in [3.8, 4) is 5.69 Å². The molecular formula is C30H38Cl2N8O4S. The minimum Gasteiger partial charge on any atom is -0.312 e. The van der Waals surface area contributed by atoms with Crippen molar-refractivity contribution in [2.75, 3.05) is 55.3 Å². The van der Waals surface area contributed by atoms with Crippen molar-refractivity contribution in [1.82, 2.24) is 29.4 Å². The maximum atomic E-state index is 13.8. The van der Waals surface area contributed by atoms with E-state index in [2.05, 4.69) is 20.4 Å². The molecule has 15 heteroatoms. The van der Waals surface area contributed by atoms with Gasteiger partial charge in [-0.1, -0.05) is 23.2 Å². The molecule has 2 aromatic carbocycles. The Morgan fingerprint density at radius 1 is 0.933 bits per heavy atom. The van der Waals surface area contributed by atoms with Crippen LogP contribution in [-0.4, -0.2) is 101 Å². The zero-order valence-electron chi connectivity index (χ0n) is 25.4. The van der Waals surface area contributed by atoms with E-state index in [1.165, 1.54) is 16.9 Å². The zero-order valence-corrected chi connectivity index (χ0v) is 27.8. The van der Waals surface area contributed by atoms with Gasteiger partial charge in [-0.05, 0) is 91.5 Å². The van der Waals surface area contributed by atoms with Gasteiger partial charge in [-0.3, -0.25) is 9.59 Å². The first-order valence-electron chi connectivity index (χ1n) is 15.1. The molecule has 0 bridgehead atoms. The van der Waals surface area contributed by atoms with Crippen LogP contribution in [0.1, 0.15) is 39.0 Å². The molecule has 242 valence electrons. The van der Waals surface area contributed by atoms with E-state index in [1.54, 1.807) is 34.7 Å². The molecule has 1 aromatic heterocycles. The van der Waals surface area contributed by atoms with Crippen molar-refractivity contribution in [3.63, 3.8) is 0 Å². The molecular weight excluding hydrogens is 639 g/mol. The number of carbonyl (C=O) groups is 2. The maximum Gasteiger partial charge on any atom is 0.230 e. The highest BCUT2D eigenvalue weighted by molar-refractivity contribution is 7.88. The number of anilines is 2. The Bertz CT molecular complexity index is 1570. The van der Waals surface area contributed by atoms with Gasteiger partial charge in [0.25, 0.3) is 0 Å². The van der Waals surface area contributed by atoms with Crippen molar-refractivity contribution in [2.24, 2.45) is 5.92 Å². The number of rotatable bonds is 10. The number of amides is 2. The standard InChI is InChI=1S/C30H38Cl2N8O4S/c1-22(41)40(25-6-4-24(5-7-25)39-21-33-34-35-39)26-12-16-36(17-13-26)14-3-15-38(27-8-9-28(31)29(32)20-27)30(42)23-10-18-37(19-11-23)45(2,43)44/h4-9,20-21,23,26H,3,10-19H2,1-2H3. The average molecular weight is 678 g/mol. The van der Waals surface area contributed by atoms with Gasteiger partial charge in [-0.25, -0.2) is 17.4 Å².